The number of aryl methyl sites for hydroxylation is 1. The van der Waals surface area contributed by atoms with E-state index in [0.717, 1.165) is 38.1 Å². The highest BCUT2D eigenvalue weighted by molar-refractivity contribution is 5.97. The highest BCUT2D eigenvalue weighted by Gasteiger charge is 2.18. The lowest BCUT2D eigenvalue weighted by Crippen LogP contribution is -2.34. The van der Waals surface area contributed by atoms with Crippen molar-refractivity contribution in [3.63, 3.8) is 0 Å². The molecular weight excluding hydrogens is 242 g/mol. The highest BCUT2D eigenvalue weighted by Crippen LogP contribution is 2.18. The van der Waals surface area contributed by atoms with Crippen molar-refractivity contribution in [3.8, 4) is 0 Å². The van der Waals surface area contributed by atoms with Crippen molar-refractivity contribution < 1.29 is 9.21 Å². The third kappa shape index (κ3) is 2.46. The molecule has 19 heavy (non-hydrogen) atoms. The minimum atomic E-state index is 0.0691. The van der Waals surface area contributed by atoms with Crippen LogP contribution in [0.2, 0.25) is 0 Å². The SMILES string of the molecule is Cc1nc2ccc(C(=O)N3CCCNCC3)cc2o1. The first-order valence-electron chi connectivity index (χ1n) is 6.61. The molecule has 0 unspecified atom stereocenters. The van der Waals surface area contributed by atoms with Gasteiger partial charge in [-0.25, -0.2) is 4.98 Å². The van der Waals surface area contributed by atoms with Crippen molar-refractivity contribution in [1.82, 2.24) is 15.2 Å². The summed E-state index contributed by atoms with van der Waals surface area (Å²) in [5, 5.41) is 3.29. The molecule has 1 aliphatic rings. The quantitative estimate of drug-likeness (QED) is 0.844. The minimum absolute atomic E-state index is 0.0691. The molecular formula is C14H17N3O2. The molecule has 1 fully saturated rings. The van der Waals surface area contributed by atoms with Gasteiger partial charge in [0.2, 0.25) is 0 Å². The Balaban J connectivity index is 1.87. The van der Waals surface area contributed by atoms with Crippen LogP contribution in [-0.2, 0) is 0 Å². The molecule has 1 aliphatic heterocycles. The lowest BCUT2D eigenvalue weighted by Gasteiger charge is -2.19. The van der Waals surface area contributed by atoms with Crippen LogP contribution in [0.15, 0.2) is 22.6 Å². The Morgan fingerprint density at radius 1 is 1.37 bits per heavy atom. The number of fused-ring (bicyclic) bond motifs is 1. The van der Waals surface area contributed by atoms with Gasteiger partial charge in [-0.15, -0.1) is 0 Å². The number of amides is 1. The van der Waals surface area contributed by atoms with E-state index >= 15 is 0 Å². The zero-order valence-corrected chi connectivity index (χ0v) is 11.0. The first-order chi connectivity index (χ1) is 9.24. The number of oxazole rings is 1. The fourth-order valence-electron chi connectivity index (χ4n) is 2.40. The van der Waals surface area contributed by atoms with Crippen LogP contribution < -0.4 is 5.32 Å². The molecule has 1 amide bonds. The minimum Gasteiger partial charge on any atom is -0.441 e. The Bertz CT molecular complexity index is 598. The number of nitrogens with zero attached hydrogens (tertiary/aromatic N) is 2. The van der Waals surface area contributed by atoms with E-state index in [1.165, 1.54) is 0 Å². The van der Waals surface area contributed by atoms with Gasteiger partial charge in [0.25, 0.3) is 5.91 Å². The van der Waals surface area contributed by atoms with Crippen LogP contribution in [0.1, 0.15) is 22.7 Å². The Labute approximate surface area is 111 Å². The van der Waals surface area contributed by atoms with Gasteiger partial charge in [-0.2, -0.15) is 0 Å². The van der Waals surface area contributed by atoms with Crippen molar-refractivity contribution in [1.29, 1.82) is 0 Å². The number of hydrogen-bond donors (Lipinski definition) is 1. The van der Waals surface area contributed by atoms with Gasteiger partial charge < -0.3 is 14.6 Å². The number of carbonyl (C=O) groups excluding carboxylic acids is 1. The summed E-state index contributed by atoms with van der Waals surface area (Å²) in [6, 6.07) is 5.45. The molecule has 5 heteroatoms. The van der Waals surface area contributed by atoms with Crippen molar-refractivity contribution in [2.24, 2.45) is 0 Å². The van der Waals surface area contributed by atoms with Gasteiger partial charge >= 0.3 is 0 Å². The Hall–Kier alpha value is -1.88. The Morgan fingerprint density at radius 2 is 2.26 bits per heavy atom. The van der Waals surface area contributed by atoms with Crippen LogP contribution in [0.3, 0.4) is 0 Å². The second-order valence-corrected chi connectivity index (χ2v) is 4.81. The summed E-state index contributed by atoms with van der Waals surface area (Å²) in [6.45, 7) is 5.20. The number of carbonyl (C=O) groups is 1. The summed E-state index contributed by atoms with van der Waals surface area (Å²) in [6.07, 6.45) is 0.995. The van der Waals surface area contributed by atoms with Gasteiger partial charge in [0.05, 0.1) is 0 Å². The Morgan fingerprint density at radius 3 is 3.16 bits per heavy atom. The number of rotatable bonds is 1. The number of aromatic nitrogens is 1. The lowest BCUT2D eigenvalue weighted by molar-refractivity contribution is 0.0766. The average molecular weight is 259 g/mol. The fourth-order valence-corrected chi connectivity index (χ4v) is 2.40. The van der Waals surface area contributed by atoms with Crippen molar-refractivity contribution >= 4 is 17.0 Å². The normalized spacial score (nSPS) is 16.6. The van der Waals surface area contributed by atoms with Crippen molar-refractivity contribution in [3.05, 3.63) is 29.7 Å². The number of nitrogens with one attached hydrogen (secondary N) is 1. The predicted octanol–water partition coefficient (Wildman–Crippen LogP) is 1.57. The predicted molar refractivity (Wildman–Crippen MR) is 72.1 cm³/mol. The molecule has 2 heterocycles. The molecule has 0 atom stereocenters. The summed E-state index contributed by atoms with van der Waals surface area (Å²) in [5.74, 6) is 0.693. The van der Waals surface area contributed by atoms with E-state index in [1.54, 1.807) is 6.07 Å². The fraction of sp³-hybridized carbons (Fsp3) is 0.429. The van der Waals surface area contributed by atoms with Crippen LogP contribution >= 0.6 is 0 Å². The van der Waals surface area contributed by atoms with Gasteiger partial charge in [0, 0.05) is 32.1 Å². The van der Waals surface area contributed by atoms with Gasteiger partial charge in [0.1, 0.15) is 5.52 Å². The molecule has 0 spiro atoms. The molecule has 100 valence electrons. The standard InChI is InChI=1S/C14H17N3O2/c1-10-16-12-4-3-11(9-13(12)19-10)14(18)17-7-2-5-15-6-8-17/h3-4,9,15H,2,5-8H2,1H3. The zero-order chi connectivity index (χ0) is 13.2. The maximum absolute atomic E-state index is 12.4. The summed E-state index contributed by atoms with van der Waals surface area (Å²) >= 11 is 0. The topological polar surface area (TPSA) is 58.4 Å². The maximum Gasteiger partial charge on any atom is 0.254 e. The van der Waals surface area contributed by atoms with Crippen LogP contribution in [0.25, 0.3) is 11.1 Å². The molecule has 0 radical (unpaired) electrons. The van der Waals surface area contributed by atoms with E-state index in [4.69, 9.17) is 4.42 Å². The van der Waals surface area contributed by atoms with E-state index in [1.807, 2.05) is 24.0 Å². The summed E-state index contributed by atoms with van der Waals surface area (Å²) in [7, 11) is 0. The summed E-state index contributed by atoms with van der Waals surface area (Å²) < 4.78 is 5.48. The lowest BCUT2D eigenvalue weighted by atomic mass is 10.1. The monoisotopic (exact) mass is 259 g/mol. The van der Waals surface area contributed by atoms with Gasteiger partial charge in [-0.3, -0.25) is 4.79 Å². The highest BCUT2D eigenvalue weighted by atomic mass is 16.3. The average Bonchev–Trinajstić information content (AvgIpc) is 2.63. The van der Waals surface area contributed by atoms with E-state index in [9.17, 15) is 4.79 Å². The largest absolute Gasteiger partial charge is 0.441 e. The van der Waals surface area contributed by atoms with Gasteiger partial charge in [-0.1, -0.05) is 0 Å². The second-order valence-electron chi connectivity index (χ2n) is 4.81. The van der Waals surface area contributed by atoms with Crippen molar-refractivity contribution in [2.45, 2.75) is 13.3 Å². The van der Waals surface area contributed by atoms with Crippen LogP contribution in [0, 0.1) is 6.92 Å². The zero-order valence-electron chi connectivity index (χ0n) is 11.0. The molecule has 0 saturated carbocycles. The molecule has 2 aromatic rings. The van der Waals surface area contributed by atoms with Crippen LogP contribution in [-0.4, -0.2) is 42.0 Å². The van der Waals surface area contributed by atoms with Crippen molar-refractivity contribution in [2.75, 3.05) is 26.2 Å². The third-order valence-corrected chi connectivity index (χ3v) is 3.37. The van der Waals surface area contributed by atoms with E-state index in [-0.39, 0.29) is 5.91 Å². The van der Waals surface area contributed by atoms with E-state index < -0.39 is 0 Å². The summed E-state index contributed by atoms with van der Waals surface area (Å²) in [5.41, 5.74) is 2.15. The molecule has 1 aromatic carbocycles. The third-order valence-electron chi connectivity index (χ3n) is 3.37. The smallest absolute Gasteiger partial charge is 0.254 e. The molecule has 0 aliphatic carbocycles. The molecule has 1 saturated heterocycles. The first-order valence-corrected chi connectivity index (χ1v) is 6.61. The first kappa shape index (κ1) is 12.2. The molecule has 3 rings (SSSR count). The van der Waals surface area contributed by atoms with Gasteiger partial charge in [-0.05, 0) is 31.2 Å². The molecule has 1 aromatic heterocycles. The molecule has 5 nitrogen and oxygen atoms in total. The maximum atomic E-state index is 12.4. The summed E-state index contributed by atoms with van der Waals surface area (Å²) in [4.78, 5) is 18.6. The van der Waals surface area contributed by atoms with Crippen LogP contribution in [0.5, 0.6) is 0 Å². The number of benzene rings is 1. The van der Waals surface area contributed by atoms with E-state index in [2.05, 4.69) is 10.3 Å². The van der Waals surface area contributed by atoms with E-state index in [0.29, 0.717) is 17.0 Å². The molecule has 0 bridgehead atoms. The van der Waals surface area contributed by atoms with Gasteiger partial charge in [0.15, 0.2) is 11.5 Å². The van der Waals surface area contributed by atoms with Crippen LogP contribution in [0.4, 0.5) is 0 Å². The number of hydrogen-bond acceptors (Lipinski definition) is 4. The second kappa shape index (κ2) is 5.01. The molecule has 1 N–H and O–H groups in total. The Kier molecular flexibility index (Phi) is 3.21.